The molecule has 0 fully saturated rings. The Labute approximate surface area is 112 Å². The number of hydrogen-bond donors (Lipinski definition) is 2. The van der Waals surface area contributed by atoms with Crippen molar-refractivity contribution in [3.8, 4) is 11.1 Å². The molecule has 98 valence electrons. The lowest BCUT2D eigenvalue weighted by atomic mass is 10.00. The highest BCUT2D eigenvalue weighted by atomic mass is 16.6. The Morgan fingerprint density at radius 2 is 1.68 bits per heavy atom. The van der Waals surface area contributed by atoms with E-state index in [0.29, 0.717) is 0 Å². The first-order chi connectivity index (χ1) is 9.13. The molecule has 0 saturated carbocycles. The van der Waals surface area contributed by atoms with Crippen LogP contribution in [0.3, 0.4) is 0 Å². The zero-order valence-corrected chi connectivity index (χ0v) is 10.8. The number of hydrogen-bond acceptors (Lipinski definition) is 1. The molecule has 0 bridgehead atoms. The van der Waals surface area contributed by atoms with Gasteiger partial charge in [0.1, 0.15) is 0 Å². The third kappa shape index (κ3) is 2.76. The molecule has 0 unspecified atom stereocenters. The van der Waals surface area contributed by atoms with Crippen molar-refractivity contribution in [3.05, 3.63) is 59.2 Å². The van der Waals surface area contributed by atoms with E-state index < -0.39 is 6.16 Å². The Morgan fingerprint density at radius 1 is 1.05 bits per heavy atom. The molecule has 0 radical (unpaired) electrons. The molecule has 2 aromatic rings. The van der Waals surface area contributed by atoms with Crippen LogP contribution in [0.15, 0.2) is 42.5 Å². The Morgan fingerprint density at radius 3 is 2.37 bits per heavy atom. The molecular formula is C16H16O3. The minimum atomic E-state index is -1.83. The molecule has 1 aliphatic rings. The molecule has 0 heterocycles. The first kappa shape index (κ1) is 13.1. The first-order valence-electron chi connectivity index (χ1n) is 6.24. The number of benzene rings is 2. The summed E-state index contributed by atoms with van der Waals surface area (Å²) in [6.45, 7) is 2.23. The summed E-state index contributed by atoms with van der Waals surface area (Å²) in [6, 6.07) is 15.4. The van der Waals surface area contributed by atoms with Gasteiger partial charge in [0, 0.05) is 0 Å². The van der Waals surface area contributed by atoms with Gasteiger partial charge in [0.25, 0.3) is 0 Å². The van der Waals surface area contributed by atoms with Crippen LogP contribution in [0.5, 0.6) is 0 Å². The summed E-state index contributed by atoms with van der Waals surface area (Å²) in [7, 11) is 0. The highest BCUT2D eigenvalue weighted by Crippen LogP contribution is 2.37. The van der Waals surface area contributed by atoms with E-state index in [1.54, 1.807) is 5.56 Å². The Hall–Kier alpha value is -2.29. The quantitative estimate of drug-likeness (QED) is 0.690. The average Bonchev–Trinajstić information content (AvgIpc) is 2.76. The molecule has 3 rings (SSSR count). The summed E-state index contributed by atoms with van der Waals surface area (Å²) < 4.78 is 0. The number of rotatable bonds is 1. The largest absolute Gasteiger partial charge is 0.503 e. The number of carboxylic acid groups (broad SMARTS) is 2. The molecule has 2 aromatic carbocycles. The maximum atomic E-state index is 8.56. The number of fused-ring (bicyclic) bond motifs is 3. The number of carbonyl (C=O) groups is 1. The van der Waals surface area contributed by atoms with Crippen LogP contribution in [-0.2, 0) is 12.8 Å². The van der Waals surface area contributed by atoms with Crippen molar-refractivity contribution in [2.75, 3.05) is 0 Å². The molecule has 0 amide bonds. The highest BCUT2D eigenvalue weighted by Gasteiger charge is 2.19. The second-order valence-electron chi connectivity index (χ2n) is 4.41. The van der Waals surface area contributed by atoms with Gasteiger partial charge in [-0.1, -0.05) is 49.4 Å². The van der Waals surface area contributed by atoms with Crippen LogP contribution in [0, 0.1) is 0 Å². The molecule has 3 heteroatoms. The van der Waals surface area contributed by atoms with Gasteiger partial charge in [-0.25, -0.2) is 4.79 Å². The van der Waals surface area contributed by atoms with Gasteiger partial charge in [-0.3, -0.25) is 0 Å². The smallest absolute Gasteiger partial charge is 0.450 e. The van der Waals surface area contributed by atoms with Crippen LogP contribution in [0.2, 0.25) is 0 Å². The lowest BCUT2D eigenvalue weighted by Gasteiger charge is -2.05. The van der Waals surface area contributed by atoms with Crippen molar-refractivity contribution in [2.45, 2.75) is 19.8 Å². The summed E-state index contributed by atoms with van der Waals surface area (Å²) in [5.74, 6) is 0. The predicted octanol–water partition coefficient (Wildman–Crippen LogP) is 4.04. The van der Waals surface area contributed by atoms with E-state index in [4.69, 9.17) is 15.0 Å². The Bertz CT molecular complexity index is 599. The van der Waals surface area contributed by atoms with E-state index in [2.05, 4.69) is 49.4 Å². The van der Waals surface area contributed by atoms with Crippen molar-refractivity contribution >= 4 is 6.16 Å². The molecular weight excluding hydrogens is 240 g/mol. The maximum Gasteiger partial charge on any atom is 0.503 e. The second kappa shape index (κ2) is 5.57. The van der Waals surface area contributed by atoms with Crippen LogP contribution in [-0.4, -0.2) is 16.4 Å². The lowest BCUT2D eigenvalue weighted by Crippen LogP contribution is -1.89. The van der Waals surface area contributed by atoms with E-state index in [1.165, 1.54) is 22.3 Å². The molecule has 0 atom stereocenters. The van der Waals surface area contributed by atoms with Crippen molar-refractivity contribution in [1.29, 1.82) is 0 Å². The standard InChI is InChI=1S/C15H14.CH2O3/c1-2-11-7-5-9-14-13-8-4-3-6-12(13)10-15(11)14;2-1(3)4/h3-9H,2,10H2,1H3;(H2,2,3,4). The van der Waals surface area contributed by atoms with Crippen molar-refractivity contribution in [3.63, 3.8) is 0 Å². The van der Waals surface area contributed by atoms with Crippen LogP contribution >= 0.6 is 0 Å². The summed E-state index contributed by atoms with van der Waals surface area (Å²) in [5.41, 5.74) is 7.41. The molecule has 0 aromatic heterocycles. The van der Waals surface area contributed by atoms with Crippen molar-refractivity contribution < 1.29 is 15.0 Å². The van der Waals surface area contributed by atoms with Gasteiger partial charge in [0.2, 0.25) is 0 Å². The van der Waals surface area contributed by atoms with Crippen LogP contribution in [0.25, 0.3) is 11.1 Å². The third-order valence-corrected chi connectivity index (χ3v) is 3.33. The zero-order chi connectivity index (χ0) is 13.8. The van der Waals surface area contributed by atoms with Crippen molar-refractivity contribution in [1.82, 2.24) is 0 Å². The highest BCUT2D eigenvalue weighted by molar-refractivity contribution is 5.77. The van der Waals surface area contributed by atoms with E-state index >= 15 is 0 Å². The topological polar surface area (TPSA) is 57.5 Å². The van der Waals surface area contributed by atoms with Crippen LogP contribution in [0.1, 0.15) is 23.6 Å². The summed E-state index contributed by atoms with van der Waals surface area (Å²) >= 11 is 0. The minimum absolute atomic E-state index is 1.12. The van der Waals surface area contributed by atoms with Gasteiger partial charge in [-0.15, -0.1) is 0 Å². The fourth-order valence-corrected chi connectivity index (χ4v) is 2.55. The van der Waals surface area contributed by atoms with Gasteiger partial charge < -0.3 is 10.2 Å². The van der Waals surface area contributed by atoms with Crippen LogP contribution < -0.4 is 0 Å². The number of aryl methyl sites for hydroxylation is 1. The van der Waals surface area contributed by atoms with E-state index in [-0.39, 0.29) is 0 Å². The van der Waals surface area contributed by atoms with Crippen LogP contribution in [0.4, 0.5) is 4.79 Å². The van der Waals surface area contributed by atoms with Gasteiger partial charge in [-0.2, -0.15) is 0 Å². The molecule has 0 saturated heterocycles. The van der Waals surface area contributed by atoms with E-state index in [1.807, 2.05) is 0 Å². The van der Waals surface area contributed by atoms with Gasteiger partial charge in [0.15, 0.2) is 0 Å². The summed E-state index contributed by atoms with van der Waals surface area (Å²) in [5, 5.41) is 13.9. The maximum absolute atomic E-state index is 8.56. The van der Waals surface area contributed by atoms with E-state index in [0.717, 1.165) is 12.8 Å². The summed E-state index contributed by atoms with van der Waals surface area (Å²) in [4.78, 5) is 8.56. The fraction of sp³-hybridized carbons (Fsp3) is 0.188. The molecule has 2 N–H and O–H groups in total. The summed E-state index contributed by atoms with van der Waals surface area (Å²) in [6.07, 6.45) is 0.423. The first-order valence-corrected chi connectivity index (χ1v) is 6.24. The molecule has 19 heavy (non-hydrogen) atoms. The molecule has 0 aliphatic heterocycles. The SMILES string of the molecule is CCc1cccc2c1Cc1ccccc1-2.O=C(O)O. The molecule has 1 aliphatic carbocycles. The van der Waals surface area contributed by atoms with E-state index in [9.17, 15) is 0 Å². The third-order valence-electron chi connectivity index (χ3n) is 3.33. The minimum Gasteiger partial charge on any atom is -0.450 e. The predicted molar refractivity (Wildman–Crippen MR) is 74.7 cm³/mol. The Balaban J connectivity index is 0.000000297. The Kier molecular flexibility index (Phi) is 3.85. The normalized spacial score (nSPS) is 11.0. The zero-order valence-electron chi connectivity index (χ0n) is 10.8. The van der Waals surface area contributed by atoms with Gasteiger partial charge in [-0.05, 0) is 40.7 Å². The molecule has 0 spiro atoms. The van der Waals surface area contributed by atoms with Gasteiger partial charge >= 0.3 is 6.16 Å². The lowest BCUT2D eigenvalue weighted by molar-refractivity contribution is 0.137. The van der Waals surface area contributed by atoms with Gasteiger partial charge in [0.05, 0.1) is 0 Å². The molecule has 3 nitrogen and oxygen atoms in total. The second-order valence-corrected chi connectivity index (χ2v) is 4.41. The monoisotopic (exact) mass is 256 g/mol. The van der Waals surface area contributed by atoms with Crippen molar-refractivity contribution in [2.24, 2.45) is 0 Å². The fourth-order valence-electron chi connectivity index (χ4n) is 2.55. The average molecular weight is 256 g/mol.